The number of hydrogen-bond acceptors (Lipinski definition) is 3. The van der Waals surface area contributed by atoms with Crippen molar-refractivity contribution in [3.63, 3.8) is 0 Å². The molecule has 0 unspecified atom stereocenters. The minimum atomic E-state index is -0.852. The molecule has 4 nitrogen and oxygen atoms in total. The lowest BCUT2D eigenvalue weighted by molar-refractivity contribution is -0.137. The Bertz CT molecular complexity index is 540. The number of benzene rings is 1. The smallest absolute Gasteiger partial charge is 0.304 e. The molecule has 1 N–H and O–H groups in total. The van der Waals surface area contributed by atoms with Crippen molar-refractivity contribution in [3.05, 3.63) is 35.4 Å². The summed E-state index contributed by atoms with van der Waals surface area (Å²) in [6, 6.07) is 2.89. The Morgan fingerprint density at radius 2 is 1.90 bits per heavy atom. The minimum Gasteiger partial charge on any atom is -0.481 e. The highest BCUT2D eigenvalue weighted by atomic mass is 19.1. The summed E-state index contributed by atoms with van der Waals surface area (Å²) in [6.45, 7) is 1.64. The van der Waals surface area contributed by atoms with E-state index in [1.807, 2.05) is 4.90 Å². The van der Waals surface area contributed by atoms with Crippen LogP contribution in [0.2, 0.25) is 0 Å². The molecule has 0 spiro atoms. The SMILES string of the molecule is O=C(O)CCN1CCC(C(=O)c2cc(F)ccc2F)CC1. The molecule has 0 radical (unpaired) electrons. The number of halogens is 2. The van der Waals surface area contributed by atoms with E-state index in [1.54, 1.807) is 0 Å². The first-order valence-corrected chi connectivity index (χ1v) is 6.91. The second-order valence-corrected chi connectivity index (χ2v) is 5.25. The average molecular weight is 297 g/mol. The summed E-state index contributed by atoms with van der Waals surface area (Å²) < 4.78 is 26.7. The predicted octanol–water partition coefficient (Wildman–Crippen LogP) is 2.33. The number of rotatable bonds is 5. The van der Waals surface area contributed by atoms with Crippen LogP contribution in [0.5, 0.6) is 0 Å². The molecule has 114 valence electrons. The van der Waals surface area contributed by atoms with Gasteiger partial charge in [0, 0.05) is 12.5 Å². The maximum Gasteiger partial charge on any atom is 0.304 e. The summed E-state index contributed by atoms with van der Waals surface area (Å²) in [5.74, 6) is -2.88. The van der Waals surface area contributed by atoms with Gasteiger partial charge in [-0.2, -0.15) is 0 Å². The first kappa shape index (κ1) is 15.6. The number of likely N-dealkylation sites (tertiary alicyclic amines) is 1. The minimum absolute atomic E-state index is 0.0666. The first-order chi connectivity index (χ1) is 9.97. The number of aliphatic carboxylic acids is 1. The predicted molar refractivity (Wildman–Crippen MR) is 72.1 cm³/mol. The molecule has 0 aliphatic carbocycles. The van der Waals surface area contributed by atoms with Crippen molar-refractivity contribution < 1.29 is 23.5 Å². The molecule has 0 atom stereocenters. The van der Waals surface area contributed by atoms with Gasteiger partial charge >= 0.3 is 5.97 Å². The number of carboxylic acids is 1. The third kappa shape index (κ3) is 4.07. The van der Waals surface area contributed by atoms with E-state index in [1.165, 1.54) is 0 Å². The Hall–Kier alpha value is -1.82. The summed E-state index contributed by atoms with van der Waals surface area (Å²) >= 11 is 0. The number of carbonyl (C=O) groups excluding carboxylic acids is 1. The standard InChI is InChI=1S/C15H17F2NO3/c16-11-1-2-13(17)12(9-11)15(21)10-3-6-18(7-4-10)8-5-14(19)20/h1-2,9-10H,3-8H2,(H,19,20). The van der Waals surface area contributed by atoms with Gasteiger partial charge in [-0.3, -0.25) is 9.59 Å². The van der Waals surface area contributed by atoms with Crippen LogP contribution in [-0.2, 0) is 4.79 Å². The van der Waals surface area contributed by atoms with E-state index in [0.29, 0.717) is 32.5 Å². The van der Waals surface area contributed by atoms with Gasteiger partial charge in [0.15, 0.2) is 5.78 Å². The highest BCUT2D eigenvalue weighted by Crippen LogP contribution is 2.23. The van der Waals surface area contributed by atoms with E-state index in [-0.39, 0.29) is 23.7 Å². The van der Waals surface area contributed by atoms with Crippen LogP contribution in [0.15, 0.2) is 18.2 Å². The van der Waals surface area contributed by atoms with Crippen molar-refractivity contribution in [2.45, 2.75) is 19.3 Å². The van der Waals surface area contributed by atoms with Crippen molar-refractivity contribution in [3.8, 4) is 0 Å². The zero-order chi connectivity index (χ0) is 15.4. The van der Waals surface area contributed by atoms with E-state index in [2.05, 4.69) is 0 Å². The zero-order valence-electron chi connectivity index (χ0n) is 11.5. The molecule has 0 aromatic heterocycles. The van der Waals surface area contributed by atoms with Crippen molar-refractivity contribution >= 4 is 11.8 Å². The van der Waals surface area contributed by atoms with E-state index < -0.39 is 17.6 Å². The highest BCUT2D eigenvalue weighted by Gasteiger charge is 2.27. The summed E-state index contributed by atoms with van der Waals surface area (Å²) in [6.07, 6.45) is 1.14. The topological polar surface area (TPSA) is 57.6 Å². The number of Topliss-reactive ketones (excluding diaryl/α,β-unsaturated/α-hetero) is 1. The van der Waals surface area contributed by atoms with Gasteiger partial charge < -0.3 is 10.0 Å². The lowest BCUT2D eigenvalue weighted by Gasteiger charge is -2.30. The number of hydrogen-bond donors (Lipinski definition) is 1. The van der Waals surface area contributed by atoms with Crippen molar-refractivity contribution in [1.29, 1.82) is 0 Å². The number of carbonyl (C=O) groups is 2. The largest absolute Gasteiger partial charge is 0.481 e. The molecule has 1 aliphatic rings. The molecule has 1 aromatic rings. The van der Waals surface area contributed by atoms with Gasteiger partial charge in [-0.25, -0.2) is 8.78 Å². The Morgan fingerprint density at radius 3 is 2.52 bits per heavy atom. The normalized spacial score (nSPS) is 16.9. The van der Waals surface area contributed by atoms with Gasteiger partial charge in [0.1, 0.15) is 11.6 Å². The molecule has 0 amide bonds. The zero-order valence-corrected chi connectivity index (χ0v) is 11.5. The molecule has 1 heterocycles. The number of nitrogens with zero attached hydrogens (tertiary/aromatic N) is 1. The lowest BCUT2D eigenvalue weighted by atomic mass is 9.88. The molecule has 1 saturated heterocycles. The number of ketones is 1. The number of piperidine rings is 1. The van der Waals surface area contributed by atoms with Crippen LogP contribution >= 0.6 is 0 Å². The monoisotopic (exact) mass is 297 g/mol. The van der Waals surface area contributed by atoms with Crippen molar-refractivity contribution in [1.82, 2.24) is 4.90 Å². The Labute approximate surface area is 121 Å². The Balaban J connectivity index is 1.94. The molecular weight excluding hydrogens is 280 g/mol. The van der Waals surface area contributed by atoms with Crippen LogP contribution in [0, 0.1) is 17.6 Å². The molecule has 21 heavy (non-hydrogen) atoms. The molecule has 6 heteroatoms. The summed E-state index contributed by atoms with van der Waals surface area (Å²) in [7, 11) is 0. The average Bonchev–Trinajstić information content (AvgIpc) is 2.47. The first-order valence-electron chi connectivity index (χ1n) is 6.91. The molecule has 2 rings (SSSR count). The summed E-state index contributed by atoms with van der Waals surface area (Å²) in [4.78, 5) is 24.7. The quantitative estimate of drug-likeness (QED) is 0.848. The van der Waals surface area contributed by atoms with Gasteiger partial charge in [0.2, 0.25) is 0 Å². The molecular formula is C15H17F2NO3. The molecule has 0 saturated carbocycles. The van der Waals surface area contributed by atoms with Gasteiger partial charge in [0.25, 0.3) is 0 Å². The second-order valence-electron chi connectivity index (χ2n) is 5.25. The summed E-state index contributed by atoms with van der Waals surface area (Å²) in [5.41, 5.74) is -0.195. The fourth-order valence-corrected chi connectivity index (χ4v) is 2.58. The van der Waals surface area contributed by atoms with E-state index in [0.717, 1.165) is 18.2 Å². The van der Waals surface area contributed by atoms with Crippen LogP contribution in [-0.4, -0.2) is 41.4 Å². The van der Waals surface area contributed by atoms with Gasteiger partial charge in [-0.1, -0.05) is 0 Å². The second kappa shape index (κ2) is 6.76. The van der Waals surface area contributed by atoms with Crippen molar-refractivity contribution in [2.75, 3.05) is 19.6 Å². The van der Waals surface area contributed by atoms with E-state index >= 15 is 0 Å². The molecule has 0 bridgehead atoms. The van der Waals surface area contributed by atoms with Gasteiger partial charge in [-0.15, -0.1) is 0 Å². The van der Waals surface area contributed by atoms with Crippen LogP contribution in [0.25, 0.3) is 0 Å². The van der Waals surface area contributed by atoms with Crippen LogP contribution in [0.4, 0.5) is 8.78 Å². The molecule has 1 fully saturated rings. The molecule has 1 aromatic carbocycles. The fourth-order valence-electron chi connectivity index (χ4n) is 2.58. The number of carboxylic acid groups (broad SMARTS) is 1. The van der Waals surface area contributed by atoms with Crippen LogP contribution in [0.1, 0.15) is 29.6 Å². The summed E-state index contributed by atoms with van der Waals surface area (Å²) in [5, 5.41) is 8.63. The maximum atomic E-state index is 13.6. The lowest BCUT2D eigenvalue weighted by Crippen LogP contribution is -2.37. The van der Waals surface area contributed by atoms with Crippen LogP contribution < -0.4 is 0 Å². The maximum absolute atomic E-state index is 13.6. The highest BCUT2D eigenvalue weighted by molar-refractivity contribution is 5.98. The van der Waals surface area contributed by atoms with Crippen LogP contribution in [0.3, 0.4) is 0 Å². The molecule has 1 aliphatic heterocycles. The van der Waals surface area contributed by atoms with E-state index in [4.69, 9.17) is 5.11 Å². The Kier molecular flexibility index (Phi) is 5.01. The Morgan fingerprint density at radius 1 is 1.24 bits per heavy atom. The van der Waals surface area contributed by atoms with E-state index in [9.17, 15) is 18.4 Å². The third-order valence-corrected chi connectivity index (χ3v) is 3.79. The van der Waals surface area contributed by atoms with Gasteiger partial charge in [0.05, 0.1) is 12.0 Å². The fraction of sp³-hybridized carbons (Fsp3) is 0.467. The third-order valence-electron chi connectivity index (χ3n) is 3.79. The van der Waals surface area contributed by atoms with Crippen molar-refractivity contribution in [2.24, 2.45) is 5.92 Å². The van der Waals surface area contributed by atoms with Gasteiger partial charge in [-0.05, 0) is 44.1 Å².